The first-order valence-electron chi connectivity index (χ1n) is 11.1. The molecule has 0 radical (unpaired) electrons. The van der Waals surface area contributed by atoms with Gasteiger partial charge in [0.1, 0.15) is 17.1 Å². The SMILES string of the molecule is COC(=O)c1cc(CN2CCN(C(=O)C34CC5CC(CC(C5)C3)C4)CC2)oc1C. The van der Waals surface area contributed by atoms with Gasteiger partial charge in [0.25, 0.3) is 0 Å². The summed E-state index contributed by atoms with van der Waals surface area (Å²) < 4.78 is 10.6. The Morgan fingerprint density at radius 2 is 1.66 bits per heavy atom. The van der Waals surface area contributed by atoms with Crippen LogP contribution in [-0.4, -0.2) is 55.0 Å². The number of hydrogen-bond acceptors (Lipinski definition) is 5. The van der Waals surface area contributed by atoms with Crippen LogP contribution in [0.2, 0.25) is 0 Å². The lowest BCUT2D eigenvalue weighted by molar-refractivity contribution is -0.159. The zero-order valence-corrected chi connectivity index (χ0v) is 17.6. The van der Waals surface area contributed by atoms with E-state index >= 15 is 0 Å². The number of rotatable bonds is 4. The minimum Gasteiger partial charge on any atom is -0.465 e. The Hall–Kier alpha value is -1.82. The van der Waals surface area contributed by atoms with E-state index in [1.807, 2.05) is 0 Å². The van der Waals surface area contributed by atoms with Crippen LogP contribution < -0.4 is 0 Å². The summed E-state index contributed by atoms with van der Waals surface area (Å²) in [6, 6.07) is 1.79. The second-order valence-corrected chi connectivity index (χ2v) is 9.94. The van der Waals surface area contributed by atoms with Gasteiger partial charge in [-0.25, -0.2) is 4.79 Å². The third-order valence-electron chi connectivity index (χ3n) is 7.90. The first-order chi connectivity index (χ1) is 14.0. The number of methoxy groups -OCH3 is 1. The van der Waals surface area contributed by atoms with Crippen molar-refractivity contribution in [2.24, 2.45) is 23.2 Å². The van der Waals surface area contributed by atoms with Crippen LogP contribution in [0.3, 0.4) is 0 Å². The highest BCUT2D eigenvalue weighted by Crippen LogP contribution is 2.60. The predicted molar refractivity (Wildman–Crippen MR) is 107 cm³/mol. The Labute approximate surface area is 172 Å². The molecule has 1 amide bonds. The molecule has 0 unspecified atom stereocenters. The molecule has 5 aliphatic rings. The molecule has 4 aliphatic carbocycles. The maximum absolute atomic E-state index is 13.5. The van der Waals surface area contributed by atoms with E-state index in [0.29, 0.717) is 23.8 Å². The summed E-state index contributed by atoms with van der Waals surface area (Å²) in [6.07, 6.45) is 7.53. The fourth-order valence-corrected chi connectivity index (χ4v) is 6.97. The molecule has 4 bridgehead atoms. The number of piperazine rings is 1. The molecule has 5 fully saturated rings. The Bertz CT molecular complexity index is 771. The van der Waals surface area contributed by atoms with Crippen LogP contribution >= 0.6 is 0 Å². The Morgan fingerprint density at radius 1 is 1.07 bits per heavy atom. The van der Waals surface area contributed by atoms with Crippen molar-refractivity contribution >= 4 is 11.9 Å². The minimum absolute atomic E-state index is 0.0372. The van der Waals surface area contributed by atoms with Gasteiger partial charge in [0.15, 0.2) is 0 Å². The molecule has 4 saturated carbocycles. The van der Waals surface area contributed by atoms with Crippen LogP contribution in [-0.2, 0) is 16.1 Å². The predicted octanol–water partition coefficient (Wildman–Crippen LogP) is 3.24. The zero-order valence-electron chi connectivity index (χ0n) is 17.6. The number of ether oxygens (including phenoxy) is 1. The minimum atomic E-state index is -0.358. The molecule has 6 rings (SSSR count). The van der Waals surface area contributed by atoms with Crippen molar-refractivity contribution in [3.05, 3.63) is 23.2 Å². The number of hydrogen-bond donors (Lipinski definition) is 0. The monoisotopic (exact) mass is 400 g/mol. The first-order valence-corrected chi connectivity index (χ1v) is 11.1. The van der Waals surface area contributed by atoms with Gasteiger partial charge >= 0.3 is 5.97 Å². The number of aryl methyl sites for hydroxylation is 1. The van der Waals surface area contributed by atoms with Gasteiger partial charge < -0.3 is 14.1 Å². The van der Waals surface area contributed by atoms with E-state index in [1.54, 1.807) is 13.0 Å². The van der Waals surface area contributed by atoms with Gasteiger partial charge in [0.2, 0.25) is 5.91 Å². The molecule has 1 aromatic heterocycles. The van der Waals surface area contributed by atoms with Crippen LogP contribution in [0.15, 0.2) is 10.5 Å². The molecular formula is C23H32N2O4. The lowest BCUT2D eigenvalue weighted by Crippen LogP contribution is -2.58. The zero-order chi connectivity index (χ0) is 20.2. The van der Waals surface area contributed by atoms with Crippen LogP contribution in [0, 0.1) is 30.1 Å². The fraction of sp³-hybridized carbons (Fsp3) is 0.739. The first kappa shape index (κ1) is 19.2. The molecule has 6 nitrogen and oxygen atoms in total. The van der Waals surface area contributed by atoms with Crippen molar-refractivity contribution in [1.29, 1.82) is 0 Å². The second-order valence-electron chi connectivity index (χ2n) is 9.94. The number of carbonyl (C=O) groups is 2. The van der Waals surface area contributed by atoms with Crippen LogP contribution in [0.4, 0.5) is 0 Å². The summed E-state index contributed by atoms with van der Waals surface area (Å²) in [4.78, 5) is 29.7. The lowest BCUT2D eigenvalue weighted by atomic mass is 9.49. The van der Waals surface area contributed by atoms with Crippen molar-refractivity contribution in [3.8, 4) is 0 Å². The maximum atomic E-state index is 13.5. The Balaban J connectivity index is 1.19. The fourth-order valence-electron chi connectivity index (χ4n) is 6.97. The van der Waals surface area contributed by atoms with Crippen LogP contribution in [0.5, 0.6) is 0 Å². The van der Waals surface area contributed by atoms with Gasteiger partial charge in [-0.2, -0.15) is 0 Å². The summed E-state index contributed by atoms with van der Waals surface area (Å²) in [5.41, 5.74) is 0.461. The molecule has 0 spiro atoms. The number of carbonyl (C=O) groups excluding carboxylic acids is 2. The normalized spacial score (nSPS) is 33.9. The van der Waals surface area contributed by atoms with E-state index in [4.69, 9.17) is 9.15 Å². The Kier molecular flexibility index (Phi) is 4.72. The van der Waals surface area contributed by atoms with E-state index in [0.717, 1.165) is 69.0 Å². The summed E-state index contributed by atoms with van der Waals surface area (Å²) >= 11 is 0. The van der Waals surface area contributed by atoms with Crippen LogP contribution in [0.25, 0.3) is 0 Å². The van der Waals surface area contributed by atoms with Gasteiger partial charge in [-0.1, -0.05) is 0 Å². The highest BCUT2D eigenvalue weighted by molar-refractivity contribution is 5.90. The van der Waals surface area contributed by atoms with Crippen molar-refractivity contribution in [2.75, 3.05) is 33.3 Å². The molecule has 1 aromatic rings. The van der Waals surface area contributed by atoms with Crippen molar-refractivity contribution in [1.82, 2.24) is 9.80 Å². The summed E-state index contributed by atoms with van der Waals surface area (Å²) in [5.74, 6) is 3.88. The van der Waals surface area contributed by atoms with Crippen LogP contribution in [0.1, 0.15) is 60.4 Å². The van der Waals surface area contributed by atoms with E-state index in [9.17, 15) is 9.59 Å². The quantitative estimate of drug-likeness (QED) is 0.726. The smallest absolute Gasteiger partial charge is 0.341 e. The third-order valence-corrected chi connectivity index (χ3v) is 7.90. The van der Waals surface area contributed by atoms with E-state index in [-0.39, 0.29) is 11.4 Å². The van der Waals surface area contributed by atoms with E-state index < -0.39 is 0 Å². The lowest BCUT2D eigenvalue weighted by Gasteiger charge is -2.57. The van der Waals surface area contributed by atoms with Gasteiger partial charge in [0, 0.05) is 26.2 Å². The molecule has 1 aliphatic heterocycles. The number of esters is 1. The van der Waals surface area contributed by atoms with Gasteiger partial charge in [-0.15, -0.1) is 0 Å². The van der Waals surface area contributed by atoms with Gasteiger partial charge in [-0.3, -0.25) is 9.69 Å². The van der Waals surface area contributed by atoms with E-state index in [1.165, 1.54) is 26.4 Å². The molecule has 2 heterocycles. The highest BCUT2D eigenvalue weighted by atomic mass is 16.5. The average Bonchev–Trinajstić information content (AvgIpc) is 3.06. The number of furan rings is 1. The molecular weight excluding hydrogens is 368 g/mol. The summed E-state index contributed by atoms with van der Waals surface area (Å²) in [5, 5.41) is 0. The molecule has 6 heteroatoms. The third kappa shape index (κ3) is 3.39. The molecule has 0 N–H and O–H groups in total. The molecule has 158 valence electrons. The number of nitrogens with zero attached hydrogens (tertiary/aromatic N) is 2. The van der Waals surface area contributed by atoms with Crippen molar-refractivity contribution in [3.63, 3.8) is 0 Å². The van der Waals surface area contributed by atoms with Gasteiger partial charge in [0.05, 0.1) is 19.1 Å². The average molecular weight is 401 g/mol. The second kappa shape index (κ2) is 7.15. The summed E-state index contributed by atoms with van der Waals surface area (Å²) in [7, 11) is 1.38. The largest absolute Gasteiger partial charge is 0.465 e. The topological polar surface area (TPSA) is 63.0 Å². The van der Waals surface area contributed by atoms with Crippen molar-refractivity contribution < 1.29 is 18.7 Å². The Morgan fingerprint density at radius 3 is 2.21 bits per heavy atom. The van der Waals surface area contributed by atoms with Crippen molar-refractivity contribution in [2.45, 2.75) is 52.0 Å². The van der Waals surface area contributed by atoms with E-state index in [2.05, 4.69) is 9.80 Å². The molecule has 29 heavy (non-hydrogen) atoms. The molecule has 0 aromatic carbocycles. The number of amides is 1. The molecule has 0 atom stereocenters. The summed E-state index contributed by atoms with van der Waals surface area (Å²) in [6.45, 7) is 5.75. The standard InChI is InChI=1S/C23H32N2O4/c1-15-20(21(26)28-2)10-19(29-15)14-24-3-5-25(6-4-24)22(27)23-11-16-7-17(12-23)9-18(8-16)13-23/h10,16-18H,3-9,11-14H2,1-2H3. The maximum Gasteiger partial charge on any atom is 0.341 e. The van der Waals surface area contributed by atoms with Gasteiger partial charge in [-0.05, 0) is 69.3 Å². The molecule has 1 saturated heterocycles. The highest BCUT2D eigenvalue weighted by Gasteiger charge is 2.55.